The Bertz CT molecular complexity index is 1220. The van der Waals surface area contributed by atoms with Crippen molar-refractivity contribution in [2.75, 3.05) is 0 Å². The maximum absolute atomic E-state index is 13.0. The van der Waals surface area contributed by atoms with E-state index in [-0.39, 0.29) is 23.6 Å². The van der Waals surface area contributed by atoms with Crippen LogP contribution in [0, 0.1) is 10.1 Å². The molecule has 160 valence electrons. The third kappa shape index (κ3) is 3.95. The molecule has 32 heavy (non-hydrogen) atoms. The Balaban J connectivity index is 1.85. The van der Waals surface area contributed by atoms with Crippen LogP contribution in [0.2, 0.25) is 5.02 Å². The van der Waals surface area contributed by atoms with Crippen LogP contribution in [-0.4, -0.2) is 31.6 Å². The molecule has 0 radical (unpaired) electrons. The van der Waals surface area contributed by atoms with E-state index in [1.807, 2.05) is 0 Å². The number of nitrogens with zero attached hydrogens (tertiary/aromatic N) is 3. The fourth-order valence-corrected chi connectivity index (χ4v) is 3.75. The van der Waals surface area contributed by atoms with Crippen LogP contribution < -0.4 is 0 Å². The number of pyridine rings is 1. The van der Waals surface area contributed by atoms with E-state index in [1.165, 1.54) is 29.2 Å². The van der Waals surface area contributed by atoms with Gasteiger partial charge < -0.3 is 10.0 Å². The van der Waals surface area contributed by atoms with Crippen LogP contribution in [0.1, 0.15) is 22.7 Å². The van der Waals surface area contributed by atoms with E-state index in [9.17, 15) is 24.8 Å². The van der Waals surface area contributed by atoms with Gasteiger partial charge in [-0.2, -0.15) is 0 Å². The van der Waals surface area contributed by atoms with Crippen molar-refractivity contribution in [3.8, 4) is 0 Å². The zero-order chi connectivity index (χ0) is 22.8. The fraction of sp³-hybridized carbons (Fsp3) is 0.0870. The number of carbonyl (C=O) groups excluding carboxylic acids is 2. The zero-order valence-electron chi connectivity index (χ0n) is 16.5. The fourth-order valence-electron chi connectivity index (χ4n) is 3.62. The summed E-state index contributed by atoms with van der Waals surface area (Å²) in [5.41, 5.74) is 1.23. The summed E-state index contributed by atoms with van der Waals surface area (Å²) in [6.45, 7) is 0.0669. The number of amides is 1. The first kappa shape index (κ1) is 21.2. The lowest BCUT2D eigenvalue weighted by atomic mass is 9.95. The van der Waals surface area contributed by atoms with Gasteiger partial charge in [-0.05, 0) is 53.6 Å². The second kappa shape index (κ2) is 8.60. The standard InChI is InChI=1S/C23H16ClN3O5/c24-17-7-3-16(4-8-17)21(28)19-20(15-5-9-18(10-6-15)27(31)32)26(23(30)22(19)29)13-14-2-1-11-25-12-14/h1-12,20,28H,13H2/b21-19-. The van der Waals surface area contributed by atoms with E-state index in [4.69, 9.17) is 11.6 Å². The molecule has 1 fully saturated rings. The number of likely N-dealkylation sites (tertiary alicyclic amines) is 1. The van der Waals surface area contributed by atoms with E-state index in [2.05, 4.69) is 4.98 Å². The predicted octanol–water partition coefficient (Wildman–Crippen LogP) is 4.27. The Morgan fingerprint density at radius 2 is 1.78 bits per heavy atom. The summed E-state index contributed by atoms with van der Waals surface area (Å²) in [4.78, 5) is 41.8. The molecule has 9 heteroatoms. The maximum Gasteiger partial charge on any atom is 0.295 e. The van der Waals surface area contributed by atoms with Crippen molar-refractivity contribution < 1.29 is 19.6 Å². The van der Waals surface area contributed by atoms with Gasteiger partial charge in [0.1, 0.15) is 5.76 Å². The van der Waals surface area contributed by atoms with Crippen LogP contribution in [0.15, 0.2) is 78.6 Å². The van der Waals surface area contributed by atoms with Crippen molar-refractivity contribution in [1.29, 1.82) is 0 Å². The van der Waals surface area contributed by atoms with Gasteiger partial charge in [-0.25, -0.2) is 0 Å². The minimum atomic E-state index is -0.938. The number of aliphatic hydroxyl groups is 1. The smallest absolute Gasteiger partial charge is 0.295 e. The third-order valence-corrected chi connectivity index (χ3v) is 5.40. The molecule has 2 heterocycles. The Kier molecular flexibility index (Phi) is 5.70. The average molecular weight is 450 g/mol. The molecule has 1 aliphatic heterocycles. The lowest BCUT2D eigenvalue weighted by molar-refractivity contribution is -0.384. The topological polar surface area (TPSA) is 114 Å². The SMILES string of the molecule is O=C1C(=O)N(Cc2cccnc2)C(c2ccc([N+](=O)[O-])cc2)/C1=C(/O)c1ccc(Cl)cc1. The summed E-state index contributed by atoms with van der Waals surface area (Å²) in [6.07, 6.45) is 3.16. The highest BCUT2D eigenvalue weighted by atomic mass is 35.5. The number of ketones is 1. The monoisotopic (exact) mass is 449 g/mol. The Hall–Kier alpha value is -4.04. The molecular formula is C23H16ClN3O5. The first-order valence-electron chi connectivity index (χ1n) is 9.54. The van der Waals surface area contributed by atoms with Gasteiger partial charge in [-0.3, -0.25) is 24.7 Å². The van der Waals surface area contributed by atoms with Gasteiger partial charge in [0, 0.05) is 41.7 Å². The molecule has 8 nitrogen and oxygen atoms in total. The van der Waals surface area contributed by atoms with Gasteiger partial charge in [0.15, 0.2) is 0 Å². The molecule has 1 aliphatic rings. The van der Waals surface area contributed by atoms with Gasteiger partial charge in [-0.15, -0.1) is 0 Å². The van der Waals surface area contributed by atoms with Crippen molar-refractivity contribution in [2.24, 2.45) is 0 Å². The largest absolute Gasteiger partial charge is 0.507 e. The molecule has 4 rings (SSSR count). The highest BCUT2D eigenvalue weighted by molar-refractivity contribution is 6.46. The van der Waals surface area contributed by atoms with Crippen molar-refractivity contribution in [3.63, 3.8) is 0 Å². The lowest BCUT2D eigenvalue weighted by Gasteiger charge is -2.25. The van der Waals surface area contributed by atoms with E-state index in [0.29, 0.717) is 21.7 Å². The first-order chi connectivity index (χ1) is 15.4. The Morgan fingerprint density at radius 3 is 2.38 bits per heavy atom. The number of halogens is 1. The molecule has 1 atom stereocenters. The number of hydrogen-bond donors (Lipinski definition) is 1. The van der Waals surface area contributed by atoms with Gasteiger partial charge in [0.2, 0.25) is 0 Å². The van der Waals surface area contributed by atoms with Crippen LogP contribution in [0.5, 0.6) is 0 Å². The number of rotatable bonds is 5. The molecule has 0 saturated carbocycles. The van der Waals surface area contributed by atoms with E-state index >= 15 is 0 Å². The molecule has 1 aromatic heterocycles. The summed E-state index contributed by atoms with van der Waals surface area (Å²) >= 11 is 5.92. The molecule has 1 amide bonds. The number of Topliss-reactive ketones (excluding diaryl/α,β-unsaturated/α-hetero) is 1. The second-order valence-corrected chi connectivity index (χ2v) is 7.58. The quantitative estimate of drug-likeness (QED) is 0.204. The van der Waals surface area contributed by atoms with Crippen LogP contribution in [-0.2, 0) is 16.1 Å². The highest BCUT2D eigenvalue weighted by Crippen LogP contribution is 2.40. The van der Waals surface area contributed by atoms with E-state index < -0.39 is 22.7 Å². The number of nitro groups is 1. The Labute approximate surface area is 187 Å². The third-order valence-electron chi connectivity index (χ3n) is 5.15. The van der Waals surface area contributed by atoms with Gasteiger partial charge in [0.25, 0.3) is 17.4 Å². The second-order valence-electron chi connectivity index (χ2n) is 7.14. The number of non-ortho nitro benzene ring substituents is 1. The number of nitro benzene ring substituents is 1. The van der Waals surface area contributed by atoms with Crippen LogP contribution in [0.4, 0.5) is 5.69 Å². The van der Waals surface area contributed by atoms with Gasteiger partial charge in [0.05, 0.1) is 16.5 Å². The number of benzene rings is 2. The van der Waals surface area contributed by atoms with Crippen molar-refractivity contribution in [2.45, 2.75) is 12.6 Å². The number of carbonyl (C=O) groups is 2. The van der Waals surface area contributed by atoms with Gasteiger partial charge in [-0.1, -0.05) is 17.7 Å². The van der Waals surface area contributed by atoms with Crippen LogP contribution >= 0.6 is 11.6 Å². The zero-order valence-corrected chi connectivity index (χ0v) is 17.3. The van der Waals surface area contributed by atoms with Crippen molar-refractivity contribution in [3.05, 3.63) is 110 Å². The van der Waals surface area contributed by atoms with Gasteiger partial charge >= 0.3 is 0 Å². The summed E-state index contributed by atoms with van der Waals surface area (Å²) in [5.74, 6) is -1.98. The maximum atomic E-state index is 13.0. The molecular weight excluding hydrogens is 434 g/mol. The molecule has 0 bridgehead atoms. The molecule has 3 aromatic rings. The van der Waals surface area contributed by atoms with E-state index in [0.717, 1.165) is 0 Å². The minimum absolute atomic E-state index is 0.0669. The summed E-state index contributed by atoms with van der Waals surface area (Å²) < 4.78 is 0. The highest BCUT2D eigenvalue weighted by Gasteiger charge is 2.46. The molecule has 2 aromatic carbocycles. The summed E-state index contributed by atoms with van der Waals surface area (Å²) in [5, 5.41) is 22.5. The van der Waals surface area contributed by atoms with Crippen molar-refractivity contribution in [1.82, 2.24) is 9.88 Å². The Morgan fingerprint density at radius 1 is 1.09 bits per heavy atom. The molecule has 1 saturated heterocycles. The van der Waals surface area contributed by atoms with E-state index in [1.54, 1.807) is 48.8 Å². The van der Waals surface area contributed by atoms with Crippen LogP contribution in [0.3, 0.4) is 0 Å². The average Bonchev–Trinajstić information content (AvgIpc) is 3.05. The summed E-state index contributed by atoms with van der Waals surface area (Å²) in [7, 11) is 0. The van der Waals surface area contributed by atoms with Crippen molar-refractivity contribution >= 4 is 34.7 Å². The number of aliphatic hydroxyl groups excluding tert-OH is 1. The number of hydrogen-bond acceptors (Lipinski definition) is 6. The normalized spacial score (nSPS) is 17.5. The minimum Gasteiger partial charge on any atom is -0.507 e. The molecule has 0 aliphatic carbocycles. The van der Waals surface area contributed by atoms with Crippen LogP contribution in [0.25, 0.3) is 5.76 Å². The molecule has 1 unspecified atom stereocenters. The molecule has 0 spiro atoms. The summed E-state index contributed by atoms with van der Waals surface area (Å²) in [6, 6.07) is 14.3. The number of aromatic nitrogens is 1. The molecule has 1 N–H and O–H groups in total. The lowest BCUT2D eigenvalue weighted by Crippen LogP contribution is -2.29. The predicted molar refractivity (Wildman–Crippen MR) is 117 cm³/mol. The first-order valence-corrected chi connectivity index (χ1v) is 9.92.